The van der Waals surface area contributed by atoms with Crippen molar-refractivity contribution in [3.05, 3.63) is 47.8 Å². The van der Waals surface area contributed by atoms with Gasteiger partial charge in [-0.1, -0.05) is 32.4 Å². The third-order valence-corrected chi connectivity index (χ3v) is 5.61. The standard InChI is InChI=1S/C20H27ClN8O2/c1-20(2,3)18(29-17(24-25-26-29)12-27-8-10-30-11-9-27)19(28-14-22-13-23-28)31-16-6-4-15(21)5-7-16/h4-7,13-14,18-19H,8-12H2,1-3H3/p+1/t18-,19+/m1/s1. The SMILES string of the molecule is CC(C)(C)[C@@H]([C@H](Oc1ccc(Cl)cc1)n1cncn1)n1nnnc1C[NH+]1CCOCC1. The van der Waals surface area contributed by atoms with Gasteiger partial charge in [-0.05, 0) is 40.1 Å². The van der Waals surface area contributed by atoms with E-state index in [-0.39, 0.29) is 11.5 Å². The van der Waals surface area contributed by atoms with Crippen LogP contribution in [0.25, 0.3) is 0 Å². The van der Waals surface area contributed by atoms with Crippen molar-refractivity contribution >= 4 is 11.6 Å². The number of benzene rings is 1. The molecule has 1 saturated heterocycles. The highest BCUT2D eigenvalue weighted by Gasteiger charge is 2.40. The Kier molecular flexibility index (Phi) is 6.49. The Balaban J connectivity index is 1.69. The fourth-order valence-electron chi connectivity index (χ4n) is 3.79. The minimum absolute atomic E-state index is 0.254. The second-order valence-corrected chi connectivity index (χ2v) is 9.16. The first-order valence-electron chi connectivity index (χ1n) is 10.4. The molecule has 10 nitrogen and oxygen atoms in total. The van der Waals surface area contributed by atoms with Gasteiger partial charge in [0.25, 0.3) is 0 Å². The van der Waals surface area contributed by atoms with Gasteiger partial charge in [-0.3, -0.25) is 0 Å². The number of morpholine rings is 1. The lowest BCUT2D eigenvalue weighted by molar-refractivity contribution is -0.922. The third kappa shape index (κ3) is 5.20. The maximum absolute atomic E-state index is 6.43. The summed E-state index contributed by atoms with van der Waals surface area (Å²) in [4.78, 5) is 5.53. The number of hydrogen-bond acceptors (Lipinski definition) is 7. The van der Waals surface area contributed by atoms with Gasteiger partial charge in [0.15, 0.2) is 0 Å². The zero-order chi connectivity index (χ0) is 21.8. The molecular formula is C20H28ClN8O2+. The molecule has 3 aromatic rings. The number of aromatic nitrogens is 7. The number of quaternary nitrogens is 1. The lowest BCUT2D eigenvalue weighted by Gasteiger charge is -2.37. The van der Waals surface area contributed by atoms with Crippen molar-refractivity contribution in [1.29, 1.82) is 0 Å². The van der Waals surface area contributed by atoms with Gasteiger partial charge in [0.2, 0.25) is 12.1 Å². The largest absolute Gasteiger partial charge is 0.466 e. The smallest absolute Gasteiger partial charge is 0.215 e. The van der Waals surface area contributed by atoms with E-state index in [1.54, 1.807) is 23.1 Å². The van der Waals surface area contributed by atoms with Gasteiger partial charge in [0, 0.05) is 5.02 Å². The molecule has 2 atom stereocenters. The van der Waals surface area contributed by atoms with Crippen molar-refractivity contribution in [1.82, 2.24) is 35.0 Å². The number of halogens is 1. The molecule has 4 rings (SSSR count). The highest BCUT2D eigenvalue weighted by Crippen LogP contribution is 2.40. The van der Waals surface area contributed by atoms with Crippen LogP contribution in [0, 0.1) is 5.41 Å². The van der Waals surface area contributed by atoms with Gasteiger partial charge in [-0.15, -0.1) is 5.10 Å². The Labute approximate surface area is 186 Å². The van der Waals surface area contributed by atoms with Crippen LogP contribution in [0.3, 0.4) is 0 Å². The summed E-state index contributed by atoms with van der Waals surface area (Å²) in [5.74, 6) is 1.48. The Morgan fingerprint density at radius 1 is 1.19 bits per heavy atom. The molecule has 0 aliphatic carbocycles. The Morgan fingerprint density at radius 2 is 1.94 bits per heavy atom. The van der Waals surface area contributed by atoms with Gasteiger partial charge in [-0.2, -0.15) is 5.10 Å². The normalized spacial score (nSPS) is 17.4. The molecule has 1 aliphatic rings. The highest BCUT2D eigenvalue weighted by atomic mass is 35.5. The molecule has 31 heavy (non-hydrogen) atoms. The summed E-state index contributed by atoms with van der Waals surface area (Å²) in [5.41, 5.74) is -0.256. The van der Waals surface area contributed by atoms with Crippen LogP contribution >= 0.6 is 11.6 Å². The second-order valence-electron chi connectivity index (χ2n) is 8.73. The number of nitrogens with one attached hydrogen (secondary N) is 1. The van der Waals surface area contributed by atoms with E-state index in [4.69, 9.17) is 21.1 Å². The number of nitrogens with zero attached hydrogens (tertiary/aromatic N) is 7. The maximum Gasteiger partial charge on any atom is 0.215 e. The molecule has 0 amide bonds. The minimum Gasteiger partial charge on any atom is -0.466 e. The first kappa shape index (κ1) is 21.7. The van der Waals surface area contributed by atoms with E-state index in [1.807, 2.05) is 16.8 Å². The van der Waals surface area contributed by atoms with E-state index in [0.29, 0.717) is 17.3 Å². The van der Waals surface area contributed by atoms with Crippen LogP contribution in [-0.2, 0) is 11.3 Å². The number of tetrazole rings is 1. The molecule has 0 saturated carbocycles. The molecule has 1 N–H and O–H groups in total. The van der Waals surface area contributed by atoms with Crippen molar-refractivity contribution < 1.29 is 14.4 Å². The summed E-state index contributed by atoms with van der Waals surface area (Å²) in [7, 11) is 0. The van der Waals surface area contributed by atoms with Crippen molar-refractivity contribution in [2.45, 2.75) is 39.6 Å². The summed E-state index contributed by atoms with van der Waals surface area (Å²) >= 11 is 6.05. The van der Waals surface area contributed by atoms with Gasteiger partial charge in [-0.25, -0.2) is 14.3 Å². The van der Waals surface area contributed by atoms with E-state index in [2.05, 4.69) is 46.4 Å². The fourth-order valence-corrected chi connectivity index (χ4v) is 3.91. The van der Waals surface area contributed by atoms with Crippen molar-refractivity contribution in [3.63, 3.8) is 0 Å². The van der Waals surface area contributed by atoms with E-state index < -0.39 is 6.23 Å². The molecule has 0 radical (unpaired) electrons. The van der Waals surface area contributed by atoms with Crippen molar-refractivity contribution in [2.75, 3.05) is 26.3 Å². The fraction of sp³-hybridized carbons (Fsp3) is 0.550. The molecule has 1 aromatic carbocycles. The Bertz CT molecular complexity index is 948. The number of hydrogen-bond donors (Lipinski definition) is 1. The molecule has 0 bridgehead atoms. The van der Waals surface area contributed by atoms with Crippen LogP contribution in [0.15, 0.2) is 36.9 Å². The minimum atomic E-state index is -0.523. The Morgan fingerprint density at radius 3 is 2.58 bits per heavy atom. The molecule has 1 aliphatic heterocycles. The van der Waals surface area contributed by atoms with E-state index in [9.17, 15) is 0 Å². The van der Waals surface area contributed by atoms with Crippen LogP contribution < -0.4 is 9.64 Å². The molecule has 2 aromatic heterocycles. The average molecular weight is 448 g/mol. The highest BCUT2D eigenvalue weighted by molar-refractivity contribution is 6.30. The first-order chi connectivity index (χ1) is 14.9. The zero-order valence-electron chi connectivity index (χ0n) is 18.0. The van der Waals surface area contributed by atoms with Crippen molar-refractivity contribution in [3.8, 4) is 5.75 Å². The van der Waals surface area contributed by atoms with E-state index in [1.165, 1.54) is 11.2 Å². The van der Waals surface area contributed by atoms with Gasteiger partial charge in [0.05, 0.1) is 13.2 Å². The summed E-state index contributed by atoms with van der Waals surface area (Å²) in [6.45, 7) is 10.5. The van der Waals surface area contributed by atoms with Crippen LogP contribution in [-0.4, -0.2) is 61.3 Å². The molecular weight excluding hydrogens is 420 g/mol. The predicted octanol–water partition coefficient (Wildman–Crippen LogP) is 1.20. The van der Waals surface area contributed by atoms with Crippen molar-refractivity contribution in [2.24, 2.45) is 5.41 Å². The molecule has 0 spiro atoms. The summed E-state index contributed by atoms with van der Waals surface area (Å²) in [5, 5.41) is 17.8. The monoisotopic (exact) mass is 447 g/mol. The summed E-state index contributed by atoms with van der Waals surface area (Å²) in [6.07, 6.45) is 2.62. The van der Waals surface area contributed by atoms with Crippen LogP contribution in [0.2, 0.25) is 5.02 Å². The zero-order valence-corrected chi connectivity index (χ0v) is 18.7. The van der Waals surface area contributed by atoms with E-state index in [0.717, 1.165) is 32.1 Å². The lowest BCUT2D eigenvalue weighted by atomic mass is 9.85. The molecule has 0 unspecified atom stereocenters. The predicted molar refractivity (Wildman–Crippen MR) is 113 cm³/mol. The van der Waals surface area contributed by atoms with Gasteiger partial charge >= 0.3 is 0 Å². The summed E-state index contributed by atoms with van der Waals surface area (Å²) in [6, 6.07) is 7.02. The molecule has 11 heteroatoms. The number of rotatable bonds is 7. The first-order valence-corrected chi connectivity index (χ1v) is 10.7. The molecule has 3 heterocycles. The Hall–Kier alpha value is -2.56. The third-order valence-electron chi connectivity index (χ3n) is 5.36. The topological polar surface area (TPSA) is 97.2 Å². The lowest BCUT2D eigenvalue weighted by Crippen LogP contribution is -3.12. The maximum atomic E-state index is 6.43. The van der Waals surface area contributed by atoms with Crippen LogP contribution in [0.5, 0.6) is 5.75 Å². The summed E-state index contributed by atoms with van der Waals surface area (Å²) < 4.78 is 15.5. The number of ether oxygens (including phenoxy) is 2. The quantitative estimate of drug-likeness (QED) is 0.581. The van der Waals surface area contributed by atoms with Gasteiger partial charge < -0.3 is 14.4 Å². The van der Waals surface area contributed by atoms with Crippen LogP contribution in [0.1, 0.15) is 38.9 Å². The second kappa shape index (κ2) is 9.29. The van der Waals surface area contributed by atoms with E-state index >= 15 is 0 Å². The van der Waals surface area contributed by atoms with Gasteiger partial charge in [0.1, 0.15) is 44.1 Å². The van der Waals surface area contributed by atoms with Crippen LogP contribution in [0.4, 0.5) is 0 Å². The molecule has 166 valence electrons. The molecule has 1 fully saturated rings. The average Bonchev–Trinajstić information content (AvgIpc) is 3.42.